The number of nitrogens with two attached hydrogens (primary N) is 1. The summed E-state index contributed by atoms with van der Waals surface area (Å²) in [5.41, 5.74) is 9.62. The van der Waals surface area contributed by atoms with Gasteiger partial charge in [-0.1, -0.05) is 27.7 Å². The molecular weight excluding hydrogens is 276 g/mol. The van der Waals surface area contributed by atoms with Crippen molar-refractivity contribution in [2.45, 2.75) is 45.6 Å². The first kappa shape index (κ1) is 14.8. The normalized spacial score (nSPS) is 16.9. The molecule has 118 valence electrons. The monoisotopic (exact) mass is 300 g/mol. The van der Waals surface area contributed by atoms with Crippen molar-refractivity contribution in [2.24, 2.45) is 7.05 Å². The molecule has 2 aromatic heterocycles. The highest BCUT2D eigenvalue weighted by Crippen LogP contribution is 2.37. The molecule has 0 unspecified atom stereocenters. The fraction of sp³-hybridized carbons (Fsp3) is 0.562. The number of nitrogen functional groups attached to an aromatic ring is 1. The molecule has 1 aliphatic rings. The predicted octanol–water partition coefficient (Wildman–Crippen LogP) is 2.21. The Balaban J connectivity index is 2.08. The van der Waals surface area contributed by atoms with E-state index in [0.29, 0.717) is 11.7 Å². The van der Waals surface area contributed by atoms with Gasteiger partial charge in [0.05, 0.1) is 5.69 Å². The van der Waals surface area contributed by atoms with E-state index in [9.17, 15) is 0 Å². The largest absolute Gasteiger partial charge is 0.384 e. The fourth-order valence-corrected chi connectivity index (χ4v) is 3.50. The van der Waals surface area contributed by atoms with E-state index in [0.717, 1.165) is 18.9 Å². The van der Waals surface area contributed by atoms with E-state index in [-0.39, 0.29) is 5.41 Å². The Labute approximate surface area is 131 Å². The molecule has 3 rings (SSSR count). The fourth-order valence-electron chi connectivity index (χ4n) is 3.50. The lowest BCUT2D eigenvalue weighted by Gasteiger charge is -2.38. The van der Waals surface area contributed by atoms with Gasteiger partial charge in [-0.25, -0.2) is 9.97 Å². The molecule has 0 saturated heterocycles. The number of nitrogens with zero attached hydrogens (tertiary/aromatic N) is 5. The molecule has 2 N–H and O–H groups in total. The van der Waals surface area contributed by atoms with E-state index in [1.54, 1.807) is 0 Å². The number of aryl methyl sites for hydroxylation is 1. The first-order valence-electron chi connectivity index (χ1n) is 7.68. The summed E-state index contributed by atoms with van der Waals surface area (Å²) in [6, 6.07) is 1.84. The summed E-state index contributed by atoms with van der Waals surface area (Å²) in [6.07, 6.45) is 1.53. The van der Waals surface area contributed by atoms with Crippen LogP contribution in [0.1, 0.15) is 50.6 Å². The second-order valence-electron chi connectivity index (χ2n) is 7.03. The standard InChI is InChI=1S/C16H24N6/c1-10(2)14-11-7-22(13-6-12(17)18-9-19-13)8-16(3,4)15(11)20-21(14)5/h6,9-10H,7-8H2,1-5H3,(H2,17,18,19). The van der Waals surface area contributed by atoms with Gasteiger partial charge in [0.15, 0.2) is 0 Å². The molecule has 1 aliphatic heterocycles. The highest BCUT2D eigenvalue weighted by Gasteiger charge is 2.37. The molecule has 6 heteroatoms. The first-order chi connectivity index (χ1) is 10.3. The number of hydrogen-bond acceptors (Lipinski definition) is 5. The third-order valence-electron chi connectivity index (χ3n) is 4.31. The summed E-state index contributed by atoms with van der Waals surface area (Å²) >= 11 is 0. The lowest BCUT2D eigenvalue weighted by molar-refractivity contribution is 0.458. The molecular formula is C16H24N6. The van der Waals surface area contributed by atoms with Gasteiger partial charge in [0.2, 0.25) is 0 Å². The van der Waals surface area contributed by atoms with Gasteiger partial charge in [-0.15, -0.1) is 0 Å². The van der Waals surface area contributed by atoms with Crippen LogP contribution >= 0.6 is 0 Å². The van der Waals surface area contributed by atoms with E-state index in [4.69, 9.17) is 10.8 Å². The third kappa shape index (κ3) is 2.32. The van der Waals surface area contributed by atoms with Crippen LogP contribution in [0.25, 0.3) is 0 Å². The van der Waals surface area contributed by atoms with Gasteiger partial charge in [-0.2, -0.15) is 5.10 Å². The molecule has 3 heterocycles. The van der Waals surface area contributed by atoms with Gasteiger partial charge >= 0.3 is 0 Å². The maximum absolute atomic E-state index is 5.82. The molecule has 0 aromatic carbocycles. The van der Waals surface area contributed by atoms with Crippen LogP contribution in [0.15, 0.2) is 12.4 Å². The Morgan fingerprint density at radius 2 is 2.00 bits per heavy atom. The molecule has 0 fully saturated rings. The molecule has 2 aromatic rings. The number of aromatic nitrogens is 4. The average Bonchev–Trinajstić information content (AvgIpc) is 2.75. The zero-order chi connectivity index (χ0) is 16.1. The van der Waals surface area contributed by atoms with E-state index < -0.39 is 0 Å². The Morgan fingerprint density at radius 1 is 1.27 bits per heavy atom. The summed E-state index contributed by atoms with van der Waals surface area (Å²) in [6.45, 7) is 10.6. The molecule has 0 atom stereocenters. The van der Waals surface area contributed by atoms with Crippen molar-refractivity contribution < 1.29 is 0 Å². The lowest BCUT2D eigenvalue weighted by atomic mass is 9.81. The number of anilines is 2. The van der Waals surface area contributed by atoms with Crippen LogP contribution in [0.3, 0.4) is 0 Å². The molecule has 0 aliphatic carbocycles. The van der Waals surface area contributed by atoms with Crippen molar-refractivity contribution in [3.63, 3.8) is 0 Å². The number of hydrogen-bond donors (Lipinski definition) is 1. The summed E-state index contributed by atoms with van der Waals surface area (Å²) in [7, 11) is 2.04. The minimum Gasteiger partial charge on any atom is -0.384 e. The zero-order valence-corrected chi connectivity index (χ0v) is 14.0. The smallest absolute Gasteiger partial charge is 0.134 e. The van der Waals surface area contributed by atoms with Crippen LogP contribution in [0.2, 0.25) is 0 Å². The minimum atomic E-state index is -0.0296. The van der Waals surface area contributed by atoms with E-state index in [1.165, 1.54) is 23.3 Å². The number of rotatable bonds is 2. The molecule has 0 radical (unpaired) electrons. The zero-order valence-electron chi connectivity index (χ0n) is 14.0. The Bertz CT molecular complexity index is 701. The van der Waals surface area contributed by atoms with Gasteiger partial charge < -0.3 is 10.6 Å². The van der Waals surface area contributed by atoms with Crippen molar-refractivity contribution in [2.75, 3.05) is 17.2 Å². The SMILES string of the molecule is CC(C)c1c2c(nn1C)C(C)(C)CN(c1cc(N)ncn1)C2. The topological polar surface area (TPSA) is 72.9 Å². The maximum atomic E-state index is 5.82. The highest BCUT2D eigenvalue weighted by atomic mass is 15.3. The highest BCUT2D eigenvalue weighted by molar-refractivity contribution is 5.51. The maximum Gasteiger partial charge on any atom is 0.134 e. The lowest BCUT2D eigenvalue weighted by Crippen LogP contribution is -2.42. The van der Waals surface area contributed by atoms with Crippen LogP contribution in [-0.2, 0) is 19.0 Å². The van der Waals surface area contributed by atoms with Crippen LogP contribution < -0.4 is 10.6 Å². The van der Waals surface area contributed by atoms with Crippen molar-refractivity contribution in [3.8, 4) is 0 Å². The summed E-state index contributed by atoms with van der Waals surface area (Å²) in [5, 5.41) is 4.80. The van der Waals surface area contributed by atoms with Crippen molar-refractivity contribution in [1.29, 1.82) is 0 Å². The summed E-state index contributed by atoms with van der Waals surface area (Å²) in [5.74, 6) is 1.82. The van der Waals surface area contributed by atoms with E-state index >= 15 is 0 Å². The van der Waals surface area contributed by atoms with Gasteiger partial charge in [-0.05, 0) is 5.92 Å². The first-order valence-corrected chi connectivity index (χ1v) is 7.68. The Morgan fingerprint density at radius 3 is 2.64 bits per heavy atom. The second kappa shape index (κ2) is 4.97. The number of fused-ring (bicyclic) bond motifs is 1. The Hall–Kier alpha value is -2.11. The summed E-state index contributed by atoms with van der Waals surface area (Å²) < 4.78 is 2.04. The molecule has 0 amide bonds. The van der Waals surface area contributed by atoms with Crippen LogP contribution in [0.4, 0.5) is 11.6 Å². The van der Waals surface area contributed by atoms with Crippen LogP contribution in [-0.4, -0.2) is 26.3 Å². The van der Waals surface area contributed by atoms with Crippen molar-refractivity contribution >= 4 is 11.6 Å². The van der Waals surface area contributed by atoms with Gasteiger partial charge in [0.1, 0.15) is 18.0 Å². The molecule has 6 nitrogen and oxygen atoms in total. The predicted molar refractivity (Wildman–Crippen MR) is 87.8 cm³/mol. The van der Waals surface area contributed by atoms with Crippen LogP contribution in [0, 0.1) is 0 Å². The molecule has 0 spiro atoms. The third-order valence-corrected chi connectivity index (χ3v) is 4.31. The van der Waals surface area contributed by atoms with Gasteiger partial charge in [0, 0.05) is 42.9 Å². The Kier molecular flexibility index (Phi) is 3.34. The van der Waals surface area contributed by atoms with Crippen molar-refractivity contribution in [1.82, 2.24) is 19.7 Å². The molecule has 0 bridgehead atoms. The quantitative estimate of drug-likeness (QED) is 0.920. The molecule has 22 heavy (non-hydrogen) atoms. The van der Waals surface area contributed by atoms with Gasteiger partial charge in [0.25, 0.3) is 0 Å². The second-order valence-corrected chi connectivity index (χ2v) is 7.03. The summed E-state index contributed by atoms with van der Waals surface area (Å²) in [4.78, 5) is 10.7. The average molecular weight is 300 g/mol. The van der Waals surface area contributed by atoms with E-state index in [2.05, 4.69) is 42.6 Å². The molecule has 0 saturated carbocycles. The van der Waals surface area contributed by atoms with Crippen LogP contribution in [0.5, 0.6) is 0 Å². The minimum absolute atomic E-state index is 0.0296. The van der Waals surface area contributed by atoms with E-state index in [1.807, 2.05) is 17.8 Å². The van der Waals surface area contributed by atoms with Crippen molar-refractivity contribution in [3.05, 3.63) is 29.3 Å². The van der Waals surface area contributed by atoms with Gasteiger partial charge in [-0.3, -0.25) is 4.68 Å².